The lowest BCUT2D eigenvalue weighted by atomic mass is 10.1. The van der Waals surface area contributed by atoms with Crippen molar-refractivity contribution in [2.75, 3.05) is 0 Å². The van der Waals surface area contributed by atoms with Gasteiger partial charge < -0.3 is 9.84 Å². The molecule has 0 spiro atoms. The molecule has 0 saturated heterocycles. The molecule has 0 aliphatic rings. The van der Waals surface area contributed by atoms with Crippen molar-refractivity contribution in [2.45, 2.75) is 6.61 Å². The topological polar surface area (TPSA) is 46.5 Å². The predicted octanol–water partition coefficient (Wildman–Crippen LogP) is 3.87. The van der Waals surface area contributed by atoms with Crippen molar-refractivity contribution in [3.8, 4) is 5.75 Å². The smallest absolute Gasteiger partial charge is 0.335 e. The first-order valence-corrected chi connectivity index (χ1v) is 6.26. The van der Waals surface area contributed by atoms with Crippen LogP contribution in [-0.2, 0) is 6.61 Å². The van der Waals surface area contributed by atoms with Gasteiger partial charge in [0.1, 0.15) is 6.61 Å². The van der Waals surface area contributed by atoms with Crippen molar-refractivity contribution in [1.29, 1.82) is 0 Å². The zero-order chi connectivity index (χ0) is 13.8. The molecule has 0 aliphatic carbocycles. The molecule has 2 aromatic carbocycles. The molecule has 0 unspecified atom stereocenters. The molecule has 98 valence electrons. The van der Waals surface area contributed by atoms with Crippen molar-refractivity contribution in [2.24, 2.45) is 0 Å². The van der Waals surface area contributed by atoms with E-state index in [0.717, 1.165) is 5.56 Å². The third-order valence-corrected chi connectivity index (χ3v) is 3.26. The molecular weight excluding hydrogens is 315 g/mol. The lowest BCUT2D eigenvalue weighted by molar-refractivity contribution is 0.0696. The Bertz CT molecular complexity index is 613. The summed E-state index contributed by atoms with van der Waals surface area (Å²) in [5.74, 6) is -1.26. The summed E-state index contributed by atoms with van der Waals surface area (Å²) in [4.78, 5) is 10.8. The van der Waals surface area contributed by atoms with Crippen molar-refractivity contribution >= 4 is 21.9 Å². The van der Waals surface area contributed by atoms with E-state index < -0.39 is 11.8 Å². The number of hydrogen-bond donors (Lipinski definition) is 1. The van der Waals surface area contributed by atoms with E-state index in [2.05, 4.69) is 15.9 Å². The fraction of sp³-hybridized carbons (Fsp3) is 0.0714. The highest BCUT2D eigenvalue weighted by Crippen LogP contribution is 2.22. The van der Waals surface area contributed by atoms with Gasteiger partial charge in [0, 0.05) is 10.0 Å². The maximum atomic E-state index is 13.3. The Morgan fingerprint density at radius 1 is 1.26 bits per heavy atom. The molecule has 0 radical (unpaired) electrons. The van der Waals surface area contributed by atoms with Crippen molar-refractivity contribution < 1.29 is 19.0 Å². The van der Waals surface area contributed by atoms with Crippen LogP contribution in [0.15, 0.2) is 46.9 Å². The summed E-state index contributed by atoms with van der Waals surface area (Å²) in [6.07, 6.45) is 0. The molecule has 19 heavy (non-hydrogen) atoms. The van der Waals surface area contributed by atoms with Crippen LogP contribution < -0.4 is 4.74 Å². The molecule has 0 fully saturated rings. The van der Waals surface area contributed by atoms with Gasteiger partial charge in [0.25, 0.3) is 0 Å². The van der Waals surface area contributed by atoms with Gasteiger partial charge in [-0.15, -0.1) is 0 Å². The second kappa shape index (κ2) is 5.84. The summed E-state index contributed by atoms with van der Waals surface area (Å²) in [6.45, 7) is 0.154. The number of benzene rings is 2. The monoisotopic (exact) mass is 324 g/mol. The first kappa shape index (κ1) is 13.5. The summed E-state index contributed by atoms with van der Waals surface area (Å²) in [6, 6.07) is 10.7. The highest BCUT2D eigenvalue weighted by atomic mass is 79.9. The van der Waals surface area contributed by atoms with Crippen LogP contribution in [0.4, 0.5) is 4.39 Å². The standard InChI is InChI=1S/C14H10BrFO3/c15-11-7-9(14(17)18)5-6-10(11)8-19-13-4-2-1-3-12(13)16/h1-7H,8H2,(H,17,18). The van der Waals surface area contributed by atoms with E-state index in [1.807, 2.05) is 0 Å². The summed E-state index contributed by atoms with van der Waals surface area (Å²) in [5, 5.41) is 8.84. The summed E-state index contributed by atoms with van der Waals surface area (Å²) >= 11 is 3.27. The molecular formula is C14H10BrFO3. The third-order valence-electron chi connectivity index (χ3n) is 2.52. The van der Waals surface area contributed by atoms with Gasteiger partial charge in [0.05, 0.1) is 5.56 Å². The van der Waals surface area contributed by atoms with Crippen molar-refractivity contribution in [3.05, 3.63) is 63.9 Å². The molecule has 0 saturated carbocycles. The number of halogens is 2. The van der Waals surface area contributed by atoms with E-state index in [0.29, 0.717) is 4.47 Å². The molecule has 0 atom stereocenters. The molecule has 0 amide bonds. The third kappa shape index (κ3) is 3.32. The van der Waals surface area contributed by atoms with Crippen LogP contribution in [0.2, 0.25) is 0 Å². The van der Waals surface area contributed by atoms with E-state index in [4.69, 9.17) is 9.84 Å². The van der Waals surface area contributed by atoms with Gasteiger partial charge in [-0.05, 0) is 24.3 Å². The van der Waals surface area contributed by atoms with Crippen LogP contribution in [0.3, 0.4) is 0 Å². The maximum Gasteiger partial charge on any atom is 0.335 e. The lowest BCUT2D eigenvalue weighted by Crippen LogP contribution is -2.01. The predicted molar refractivity (Wildman–Crippen MR) is 71.8 cm³/mol. The summed E-state index contributed by atoms with van der Waals surface area (Å²) in [5.41, 5.74) is 0.926. The lowest BCUT2D eigenvalue weighted by Gasteiger charge is -2.09. The quantitative estimate of drug-likeness (QED) is 0.928. The van der Waals surface area contributed by atoms with Crippen LogP contribution >= 0.6 is 15.9 Å². The molecule has 0 aliphatic heterocycles. The number of aromatic carboxylic acids is 1. The molecule has 0 aromatic heterocycles. The van der Waals surface area contributed by atoms with Crippen LogP contribution in [0.25, 0.3) is 0 Å². The minimum Gasteiger partial charge on any atom is -0.486 e. The molecule has 2 rings (SSSR count). The number of carboxylic acids is 1. The summed E-state index contributed by atoms with van der Waals surface area (Å²) < 4.78 is 19.3. The van der Waals surface area contributed by atoms with Gasteiger partial charge in [0.2, 0.25) is 0 Å². The fourth-order valence-corrected chi connectivity index (χ4v) is 2.01. The van der Waals surface area contributed by atoms with E-state index in [9.17, 15) is 9.18 Å². The van der Waals surface area contributed by atoms with Gasteiger partial charge in [-0.3, -0.25) is 0 Å². The Morgan fingerprint density at radius 2 is 2.00 bits per heavy atom. The fourth-order valence-electron chi connectivity index (χ4n) is 1.51. The highest BCUT2D eigenvalue weighted by molar-refractivity contribution is 9.10. The first-order chi connectivity index (χ1) is 9.08. The van der Waals surface area contributed by atoms with Crippen molar-refractivity contribution in [1.82, 2.24) is 0 Å². The Kier molecular flexibility index (Phi) is 4.16. The van der Waals surface area contributed by atoms with Crippen LogP contribution in [0.5, 0.6) is 5.75 Å². The largest absolute Gasteiger partial charge is 0.486 e. The van der Waals surface area contributed by atoms with Crippen LogP contribution in [0, 0.1) is 5.82 Å². The molecule has 5 heteroatoms. The Hall–Kier alpha value is -1.88. The zero-order valence-corrected chi connectivity index (χ0v) is 11.4. The van der Waals surface area contributed by atoms with Crippen LogP contribution in [-0.4, -0.2) is 11.1 Å². The van der Waals surface area contributed by atoms with Gasteiger partial charge in [-0.1, -0.05) is 34.1 Å². The second-order valence-corrected chi connectivity index (χ2v) is 4.68. The number of hydrogen-bond acceptors (Lipinski definition) is 2. The van der Waals surface area contributed by atoms with Crippen molar-refractivity contribution in [3.63, 3.8) is 0 Å². The van der Waals surface area contributed by atoms with E-state index in [-0.39, 0.29) is 17.9 Å². The summed E-state index contributed by atoms with van der Waals surface area (Å²) in [7, 11) is 0. The van der Waals surface area contributed by atoms with E-state index in [1.165, 1.54) is 24.3 Å². The Labute approximate surface area is 117 Å². The minimum absolute atomic E-state index is 0.154. The number of carboxylic acid groups (broad SMARTS) is 1. The molecule has 1 N–H and O–H groups in total. The van der Waals surface area contributed by atoms with Gasteiger partial charge in [-0.25, -0.2) is 9.18 Å². The SMILES string of the molecule is O=C(O)c1ccc(COc2ccccc2F)c(Br)c1. The van der Waals surface area contributed by atoms with Gasteiger partial charge in [0.15, 0.2) is 11.6 Å². The normalized spacial score (nSPS) is 10.2. The van der Waals surface area contributed by atoms with E-state index >= 15 is 0 Å². The average Bonchev–Trinajstić information content (AvgIpc) is 2.39. The average molecular weight is 325 g/mol. The number of ether oxygens (including phenoxy) is 1. The Morgan fingerprint density at radius 3 is 2.63 bits per heavy atom. The maximum absolute atomic E-state index is 13.3. The molecule has 3 nitrogen and oxygen atoms in total. The Balaban J connectivity index is 2.12. The first-order valence-electron chi connectivity index (χ1n) is 5.47. The number of para-hydroxylation sites is 1. The second-order valence-electron chi connectivity index (χ2n) is 3.83. The molecule has 0 bridgehead atoms. The van der Waals surface area contributed by atoms with Gasteiger partial charge >= 0.3 is 5.97 Å². The number of rotatable bonds is 4. The van der Waals surface area contributed by atoms with Crippen LogP contribution in [0.1, 0.15) is 15.9 Å². The zero-order valence-electron chi connectivity index (χ0n) is 9.77. The van der Waals surface area contributed by atoms with E-state index in [1.54, 1.807) is 18.2 Å². The highest BCUT2D eigenvalue weighted by Gasteiger charge is 2.08. The number of carbonyl (C=O) groups is 1. The van der Waals surface area contributed by atoms with Gasteiger partial charge in [-0.2, -0.15) is 0 Å². The molecule has 0 heterocycles. The minimum atomic E-state index is -0.998. The molecule has 2 aromatic rings.